The molecule has 7 heteroatoms. The molecule has 0 amide bonds. The molecule has 0 aliphatic heterocycles. The second-order valence-corrected chi connectivity index (χ2v) is 5.70. The largest absolute Gasteiger partial charge is 0.429 e. The van der Waals surface area contributed by atoms with Crippen molar-refractivity contribution in [2.45, 2.75) is 11.0 Å². The molecule has 3 heterocycles. The van der Waals surface area contributed by atoms with E-state index in [1.54, 1.807) is 18.5 Å². The molecule has 1 aromatic carbocycles. The van der Waals surface area contributed by atoms with Gasteiger partial charge in [0, 0.05) is 23.4 Å². The minimum absolute atomic E-state index is 0.558. The van der Waals surface area contributed by atoms with Crippen molar-refractivity contribution < 1.29 is 8.94 Å². The summed E-state index contributed by atoms with van der Waals surface area (Å²) in [7, 11) is 0. The van der Waals surface area contributed by atoms with Crippen molar-refractivity contribution in [3.8, 4) is 0 Å². The van der Waals surface area contributed by atoms with E-state index >= 15 is 0 Å². The molecule has 0 unspecified atom stereocenters. The number of halogens is 1. The number of hydrogen-bond donors (Lipinski definition) is 0. The monoisotopic (exact) mass is 317 g/mol. The summed E-state index contributed by atoms with van der Waals surface area (Å²) >= 11 is 7.70. The minimum atomic E-state index is 0.558. The van der Waals surface area contributed by atoms with Gasteiger partial charge in [0.05, 0.1) is 10.7 Å². The predicted molar refractivity (Wildman–Crippen MR) is 80.4 cm³/mol. The van der Waals surface area contributed by atoms with Crippen LogP contribution in [-0.4, -0.2) is 15.1 Å². The zero-order valence-electron chi connectivity index (χ0n) is 10.6. The lowest BCUT2D eigenvalue weighted by Gasteiger charge is -1.98. The van der Waals surface area contributed by atoms with E-state index in [9.17, 15) is 0 Å². The molecule has 0 spiro atoms. The lowest BCUT2D eigenvalue weighted by molar-refractivity contribution is 0.414. The van der Waals surface area contributed by atoms with E-state index in [-0.39, 0.29) is 0 Å². The second-order valence-electron chi connectivity index (χ2n) is 4.37. The molecule has 0 radical (unpaired) electrons. The van der Waals surface area contributed by atoms with Gasteiger partial charge >= 0.3 is 0 Å². The van der Waals surface area contributed by atoms with Crippen molar-refractivity contribution in [1.29, 1.82) is 0 Å². The highest BCUT2D eigenvalue weighted by Gasteiger charge is 2.13. The maximum absolute atomic E-state index is 6.25. The van der Waals surface area contributed by atoms with E-state index in [1.165, 1.54) is 11.8 Å². The molecule has 0 bridgehead atoms. The van der Waals surface area contributed by atoms with Gasteiger partial charge in [0.25, 0.3) is 5.22 Å². The lowest BCUT2D eigenvalue weighted by Crippen LogP contribution is -1.80. The molecule has 0 saturated carbocycles. The maximum atomic E-state index is 6.25. The Bertz CT molecular complexity index is 921. The molecule has 3 aromatic heterocycles. The Balaban J connectivity index is 1.77. The molecular weight excluding hydrogens is 310 g/mol. The van der Waals surface area contributed by atoms with Crippen LogP contribution in [0.2, 0.25) is 5.02 Å². The predicted octanol–water partition coefficient (Wildman–Crippen LogP) is 4.31. The molecule has 21 heavy (non-hydrogen) atoms. The lowest BCUT2D eigenvalue weighted by atomic mass is 10.2. The number of benzene rings is 1. The minimum Gasteiger partial charge on any atom is -0.429 e. The average molecular weight is 318 g/mol. The fourth-order valence-electron chi connectivity index (χ4n) is 2.07. The van der Waals surface area contributed by atoms with Crippen molar-refractivity contribution in [1.82, 2.24) is 15.1 Å². The summed E-state index contributed by atoms with van der Waals surface area (Å²) in [6.45, 7) is 0. The Morgan fingerprint density at radius 3 is 3.10 bits per heavy atom. The van der Waals surface area contributed by atoms with Crippen LogP contribution in [0, 0.1) is 0 Å². The van der Waals surface area contributed by atoms with Gasteiger partial charge < -0.3 is 8.94 Å². The van der Waals surface area contributed by atoms with Crippen molar-refractivity contribution in [3.63, 3.8) is 0 Å². The highest BCUT2D eigenvalue weighted by Crippen LogP contribution is 2.33. The zero-order valence-corrected chi connectivity index (χ0v) is 12.2. The Morgan fingerprint density at radius 2 is 2.24 bits per heavy atom. The van der Waals surface area contributed by atoms with E-state index in [0.717, 1.165) is 16.6 Å². The molecule has 4 rings (SSSR count). The number of pyridine rings is 1. The Labute approximate surface area is 128 Å². The summed E-state index contributed by atoms with van der Waals surface area (Å²) in [5.74, 6) is 0.627. The van der Waals surface area contributed by atoms with Gasteiger partial charge in [-0.2, -0.15) is 0 Å². The van der Waals surface area contributed by atoms with Crippen LogP contribution < -0.4 is 0 Å². The first-order valence-corrected chi connectivity index (χ1v) is 7.53. The van der Waals surface area contributed by atoms with E-state index in [4.69, 9.17) is 20.5 Å². The summed E-state index contributed by atoms with van der Waals surface area (Å²) in [5, 5.41) is 5.88. The topological polar surface area (TPSA) is 65.0 Å². The smallest absolute Gasteiger partial charge is 0.257 e. The molecule has 0 N–H and O–H groups in total. The van der Waals surface area contributed by atoms with Crippen molar-refractivity contribution in [3.05, 3.63) is 47.4 Å². The van der Waals surface area contributed by atoms with Crippen LogP contribution in [0.4, 0.5) is 0 Å². The molecule has 0 aliphatic rings. The summed E-state index contributed by atoms with van der Waals surface area (Å²) in [5.41, 5.74) is 2.91. The van der Waals surface area contributed by atoms with Gasteiger partial charge in [-0.1, -0.05) is 28.5 Å². The third kappa shape index (κ3) is 2.26. The molecule has 0 fully saturated rings. The van der Waals surface area contributed by atoms with Gasteiger partial charge in [-0.15, -0.1) is 0 Å². The van der Waals surface area contributed by atoms with Gasteiger partial charge in [-0.3, -0.25) is 4.98 Å². The third-order valence-electron chi connectivity index (χ3n) is 3.01. The number of fused-ring (bicyclic) bond motifs is 3. The van der Waals surface area contributed by atoms with E-state index in [0.29, 0.717) is 27.1 Å². The normalized spacial score (nSPS) is 11.5. The third-order valence-corrected chi connectivity index (χ3v) is 4.19. The number of hydrogen-bond acceptors (Lipinski definition) is 6. The number of rotatable bonds is 3. The van der Waals surface area contributed by atoms with Crippen LogP contribution >= 0.6 is 23.4 Å². The number of thioether (sulfide) groups is 1. The quantitative estimate of drug-likeness (QED) is 0.525. The molecule has 104 valence electrons. The van der Waals surface area contributed by atoms with Crippen LogP contribution in [0.25, 0.3) is 22.0 Å². The van der Waals surface area contributed by atoms with Crippen molar-refractivity contribution in [2.75, 3.05) is 0 Å². The summed E-state index contributed by atoms with van der Waals surface area (Å²) in [4.78, 5) is 8.78. The maximum Gasteiger partial charge on any atom is 0.257 e. The van der Waals surface area contributed by atoms with Crippen LogP contribution in [0.5, 0.6) is 0 Å². The van der Waals surface area contributed by atoms with Crippen molar-refractivity contribution >= 4 is 45.4 Å². The van der Waals surface area contributed by atoms with Crippen LogP contribution in [0.3, 0.4) is 0 Å². The average Bonchev–Trinajstić information content (AvgIpc) is 3.14. The molecule has 5 nitrogen and oxygen atoms in total. The first-order chi connectivity index (χ1) is 10.3. The SMILES string of the molecule is Clc1cc2nc(SCc3ccon3)oc2c2ncccc12. The van der Waals surface area contributed by atoms with Crippen LogP contribution in [0.1, 0.15) is 5.69 Å². The van der Waals surface area contributed by atoms with E-state index < -0.39 is 0 Å². The highest BCUT2D eigenvalue weighted by molar-refractivity contribution is 7.98. The zero-order chi connectivity index (χ0) is 14.2. The Kier molecular flexibility index (Phi) is 3.05. The molecular formula is C14H8ClN3O2S. The Hall–Kier alpha value is -2.05. The number of aromatic nitrogens is 3. The van der Waals surface area contributed by atoms with Gasteiger partial charge in [-0.25, -0.2) is 4.98 Å². The van der Waals surface area contributed by atoms with Crippen LogP contribution in [0.15, 0.2) is 50.9 Å². The van der Waals surface area contributed by atoms with E-state index in [1.807, 2.05) is 18.2 Å². The molecule has 0 aliphatic carbocycles. The number of oxazole rings is 1. The van der Waals surface area contributed by atoms with Gasteiger partial charge in [-0.05, 0) is 18.2 Å². The van der Waals surface area contributed by atoms with E-state index in [2.05, 4.69) is 15.1 Å². The highest BCUT2D eigenvalue weighted by atomic mass is 35.5. The molecule has 0 saturated heterocycles. The first-order valence-electron chi connectivity index (χ1n) is 6.17. The van der Waals surface area contributed by atoms with Gasteiger partial charge in [0.15, 0.2) is 5.58 Å². The fourth-order valence-corrected chi connectivity index (χ4v) is 3.05. The number of nitrogens with zero attached hydrogens (tertiary/aromatic N) is 3. The standard InChI is InChI=1S/C14H8ClN3O2S/c15-10-6-11-13(12-9(10)2-1-4-16-12)20-14(17-11)21-7-8-3-5-19-18-8/h1-6H,7H2. The van der Waals surface area contributed by atoms with Crippen LogP contribution in [-0.2, 0) is 5.75 Å². The molecule has 4 aromatic rings. The summed E-state index contributed by atoms with van der Waals surface area (Å²) < 4.78 is 10.6. The van der Waals surface area contributed by atoms with Gasteiger partial charge in [0.1, 0.15) is 17.3 Å². The molecule has 0 atom stereocenters. The fraction of sp³-hybridized carbons (Fsp3) is 0.0714. The summed E-state index contributed by atoms with van der Waals surface area (Å²) in [6, 6.07) is 7.36. The Morgan fingerprint density at radius 1 is 1.29 bits per heavy atom. The first kappa shape index (κ1) is 12.7. The second kappa shape index (κ2) is 5.05. The summed E-state index contributed by atoms with van der Waals surface area (Å²) in [6.07, 6.45) is 3.25. The van der Waals surface area contributed by atoms with Gasteiger partial charge in [0.2, 0.25) is 0 Å². The van der Waals surface area contributed by atoms with Crippen molar-refractivity contribution in [2.24, 2.45) is 0 Å².